The first kappa shape index (κ1) is 16.5. The maximum Gasteiger partial charge on any atom is 0.378 e. The Morgan fingerprint density at radius 1 is 1.32 bits per heavy atom. The second-order valence-electron chi connectivity index (χ2n) is 5.50. The molecule has 0 N–H and O–H groups in total. The van der Waals surface area contributed by atoms with E-state index < -0.39 is 22.3 Å². The molecule has 0 radical (unpaired) electrons. The van der Waals surface area contributed by atoms with Gasteiger partial charge in [0, 0.05) is 21.5 Å². The van der Waals surface area contributed by atoms with Gasteiger partial charge in [0.25, 0.3) is 0 Å². The van der Waals surface area contributed by atoms with Gasteiger partial charge in [-0.15, -0.1) is 0 Å². The zero-order valence-electron chi connectivity index (χ0n) is 12.1. The molecule has 1 aromatic carbocycles. The molecule has 0 saturated carbocycles. The number of carbonyl (C=O) groups excluding carboxylic acids is 1. The molecule has 0 saturated heterocycles. The third-order valence-corrected chi connectivity index (χ3v) is 2.76. The SMILES string of the molecule is CC(C)(C)OC(=O)c1cccc(-c2noc(C(F)(F)Br)n2)c1. The molecule has 2 aromatic rings. The van der Waals surface area contributed by atoms with Crippen molar-refractivity contribution in [2.75, 3.05) is 0 Å². The molecular formula is C14H13BrF2N2O3. The predicted octanol–water partition coefficient (Wildman–Crippen LogP) is 4.14. The van der Waals surface area contributed by atoms with Gasteiger partial charge in [0.05, 0.1) is 5.56 Å². The standard InChI is InChI=1S/C14H13BrF2N2O3/c1-13(2,3)21-11(20)9-6-4-5-8(7-9)10-18-12(22-19-10)14(15,16)17/h4-7H,1-3H3. The normalized spacial score (nSPS) is 12.3. The van der Waals surface area contributed by atoms with E-state index in [4.69, 9.17) is 4.74 Å². The highest BCUT2D eigenvalue weighted by molar-refractivity contribution is 9.09. The van der Waals surface area contributed by atoms with E-state index in [2.05, 4.69) is 30.6 Å². The number of hydrogen-bond acceptors (Lipinski definition) is 5. The van der Waals surface area contributed by atoms with Gasteiger partial charge in [-0.05, 0) is 32.9 Å². The van der Waals surface area contributed by atoms with Crippen LogP contribution in [-0.2, 0) is 9.57 Å². The summed E-state index contributed by atoms with van der Waals surface area (Å²) in [5.74, 6) is -1.42. The fourth-order valence-corrected chi connectivity index (χ4v) is 1.74. The lowest BCUT2D eigenvalue weighted by Crippen LogP contribution is -2.23. The van der Waals surface area contributed by atoms with Crippen molar-refractivity contribution in [2.45, 2.75) is 31.2 Å². The summed E-state index contributed by atoms with van der Waals surface area (Å²) >= 11 is 2.14. The number of hydrogen-bond donors (Lipinski definition) is 0. The quantitative estimate of drug-likeness (QED) is 0.596. The van der Waals surface area contributed by atoms with Crippen molar-refractivity contribution < 1.29 is 22.8 Å². The maximum absolute atomic E-state index is 13.0. The molecule has 118 valence electrons. The summed E-state index contributed by atoms with van der Waals surface area (Å²) in [4.78, 5) is 12.2. The average molecular weight is 375 g/mol. The predicted molar refractivity (Wildman–Crippen MR) is 77.7 cm³/mol. The summed E-state index contributed by atoms with van der Waals surface area (Å²) in [6, 6.07) is 6.17. The van der Waals surface area contributed by atoms with Gasteiger partial charge in [-0.2, -0.15) is 13.8 Å². The summed E-state index contributed by atoms with van der Waals surface area (Å²) in [6.45, 7) is 5.24. The van der Waals surface area contributed by atoms with Crippen LogP contribution >= 0.6 is 15.9 Å². The number of carbonyl (C=O) groups is 1. The summed E-state index contributed by atoms with van der Waals surface area (Å²) in [6.07, 6.45) is 0. The van der Waals surface area contributed by atoms with E-state index in [0.717, 1.165) is 0 Å². The Kier molecular flexibility index (Phi) is 4.32. The topological polar surface area (TPSA) is 65.2 Å². The molecule has 0 aliphatic heterocycles. The molecular weight excluding hydrogens is 362 g/mol. The Labute approximate surface area is 133 Å². The van der Waals surface area contributed by atoms with Crippen LogP contribution in [0.2, 0.25) is 0 Å². The van der Waals surface area contributed by atoms with Crippen LogP contribution in [0.5, 0.6) is 0 Å². The Morgan fingerprint density at radius 2 is 2.00 bits per heavy atom. The maximum atomic E-state index is 13.0. The van der Waals surface area contributed by atoms with Crippen molar-refractivity contribution in [1.29, 1.82) is 0 Å². The molecule has 5 nitrogen and oxygen atoms in total. The second kappa shape index (κ2) is 5.75. The van der Waals surface area contributed by atoms with E-state index in [0.29, 0.717) is 5.56 Å². The van der Waals surface area contributed by atoms with Crippen LogP contribution in [-0.4, -0.2) is 21.7 Å². The Balaban J connectivity index is 2.29. The van der Waals surface area contributed by atoms with E-state index in [9.17, 15) is 13.6 Å². The van der Waals surface area contributed by atoms with Crippen LogP contribution < -0.4 is 0 Å². The Morgan fingerprint density at radius 3 is 2.55 bits per heavy atom. The summed E-state index contributed by atoms with van der Waals surface area (Å²) in [5.41, 5.74) is 0.00391. The molecule has 0 aliphatic rings. The molecule has 0 amide bonds. The number of halogens is 3. The number of ether oxygens (including phenoxy) is 1. The number of nitrogens with zero attached hydrogens (tertiary/aromatic N) is 2. The van der Waals surface area contributed by atoms with Gasteiger partial charge in [-0.1, -0.05) is 17.3 Å². The average Bonchev–Trinajstić information content (AvgIpc) is 2.86. The molecule has 1 heterocycles. The Hall–Kier alpha value is -1.83. The second-order valence-corrected chi connectivity index (χ2v) is 6.50. The summed E-state index contributed by atoms with van der Waals surface area (Å²) in [5, 5.41) is 3.48. The highest BCUT2D eigenvalue weighted by Crippen LogP contribution is 2.34. The van der Waals surface area contributed by atoms with E-state index in [1.807, 2.05) is 0 Å². The number of alkyl halides is 3. The lowest BCUT2D eigenvalue weighted by molar-refractivity contribution is 0.00695. The fraction of sp³-hybridized carbons (Fsp3) is 0.357. The zero-order valence-corrected chi connectivity index (χ0v) is 13.6. The van der Waals surface area contributed by atoms with Gasteiger partial charge in [-0.25, -0.2) is 4.79 Å². The molecule has 22 heavy (non-hydrogen) atoms. The highest BCUT2D eigenvalue weighted by Gasteiger charge is 2.35. The third-order valence-electron chi connectivity index (χ3n) is 2.42. The molecule has 0 atom stereocenters. The molecule has 0 spiro atoms. The number of esters is 1. The molecule has 0 unspecified atom stereocenters. The largest absolute Gasteiger partial charge is 0.456 e. The summed E-state index contributed by atoms with van der Waals surface area (Å²) in [7, 11) is 0. The molecule has 0 bridgehead atoms. The van der Waals surface area contributed by atoms with E-state index in [-0.39, 0.29) is 11.4 Å². The zero-order chi connectivity index (χ0) is 16.5. The van der Waals surface area contributed by atoms with Gasteiger partial charge in [-0.3, -0.25) is 0 Å². The lowest BCUT2D eigenvalue weighted by Gasteiger charge is -2.19. The number of benzene rings is 1. The monoisotopic (exact) mass is 374 g/mol. The van der Waals surface area contributed by atoms with Crippen molar-refractivity contribution in [3.8, 4) is 11.4 Å². The van der Waals surface area contributed by atoms with Crippen molar-refractivity contribution in [2.24, 2.45) is 0 Å². The van der Waals surface area contributed by atoms with Gasteiger partial charge in [0.15, 0.2) is 0 Å². The van der Waals surface area contributed by atoms with Gasteiger partial charge in [0.2, 0.25) is 5.82 Å². The van der Waals surface area contributed by atoms with Crippen LogP contribution in [0.1, 0.15) is 37.0 Å². The number of rotatable bonds is 3. The van der Waals surface area contributed by atoms with Crippen molar-refractivity contribution in [1.82, 2.24) is 10.1 Å². The van der Waals surface area contributed by atoms with Crippen LogP contribution in [0.25, 0.3) is 11.4 Å². The van der Waals surface area contributed by atoms with Crippen molar-refractivity contribution >= 4 is 21.9 Å². The molecule has 2 rings (SSSR count). The van der Waals surface area contributed by atoms with Gasteiger partial charge < -0.3 is 9.26 Å². The van der Waals surface area contributed by atoms with Crippen molar-refractivity contribution in [3.05, 3.63) is 35.7 Å². The minimum absolute atomic E-state index is 0.0421. The fourth-order valence-electron chi connectivity index (χ4n) is 1.58. The molecule has 0 aliphatic carbocycles. The van der Waals surface area contributed by atoms with Gasteiger partial charge in [0.1, 0.15) is 5.60 Å². The van der Waals surface area contributed by atoms with Crippen LogP contribution in [0.4, 0.5) is 8.78 Å². The first-order chi connectivity index (χ1) is 10.1. The first-order valence-electron chi connectivity index (χ1n) is 6.31. The Bertz CT molecular complexity index is 690. The van der Waals surface area contributed by atoms with E-state index >= 15 is 0 Å². The minimum Gasteiger partial charge on any atom is -0.456 e. The van der Waals surface area contributed by atoms with Gasteiger partial charge >= 0.3 is 16.7 Å². The van der Waals surface area contributed by atoms with E-state index in [1.165, 1.54) is 6.07 Å². The summed E-state index contributed by atoms with van der Waals surface area (Å²) < 4.78 is 35.8. The number of aromatic nitrogens is 2. The first-order valence-corrected chi connectivity index (χ1v) is 7.10. The smallest absolute Gasteiger partial charge is 0.378 e. The van der Waals surface area contributed by atoms with Crippen LogP contribution in [0.3, 0.4) is 0 Å². The van der Waals surface area contributed by atoms with E-state index in [1.54, 1.807) is 39.0 Å². The lowest BCUT2D eigenvalue weighted by atomic mass is 10.1. The third kappa shape index (κ3) is 4.09. The van der Waals surface area contributed by atoms with Crippen LogP contribution in [0.15, 0.2) is 28.8 Å². The minimum atomic E-state index is -3.40. The molecule has 8 heteroatoms. The van der Waals surface area contributed by atoms with Crippen LogP contribution in [0, 0.1) is 0 Å². The highest BCUT2D eigenvalue weighted by atomic mass is 79.9. The molecule has 1 aromatic heterocycles. The van der Waals surface area contributed by atoms with Crippen molar-refractivity contribution in [3.63, 3.8) is 0 Å². The molecule has 0 fully saturated rings.